The number of amides is 1. The molecule has 3 aliphatic rings. The zero-order valence-electron chi connectivity index (χ0n) is 17.7. The van der Waals surface area contributed by atoms with Gasteiger partial charge in [0.1, 0.15) is 11.3 Å². The van der Waals surface area contributed by atoms with Crippen molar-refractivity contribution in [1.29, 1.82) is 0 Å². The molecule has 1 aromatic carbocycles. The molecule has 3 fully saturated rings. The number of nitrogens with zero attached hydrogens (tertiary/aromatic N) is 2. The Balaban J connectivity index is 1.87. The molecule has 31 heavy (non-hydrogen) atoms. The molecule has 4 rings (SSSR count). The average molecular weight is 428 g/mol. The molecule has 0 bridgehead atoms. The van der Waals surface area contributed by atoms with Crippen molar-refractivity contribution in [1.82, 2.24) is 4.90 Å². The van der Waals surface area contributed by atoms with Crippen LogP contribution >= 0.6 is 0 Å². The molecule has 2 aliphatic carbocycles. The van der Waals surface area contributed by atoms with Crippen LogP contribution in [0.5, 0.6) is 0 Å². The predicted molar refractivity (Wildman–Crippen MR) is 111 cm³/mol. The lowest BCUT2D eigenvalue weighted by molar-refractivity contribution is -0.385. The Kier molecular flexibility index (Phi) is 5.58. The molecule has 4 unspecified atom stereocenters. The Morgan fingerprint density at radius 2 is 1.87 bits per heavy atom. The number of carboxylic acids is 1. The van der Waals surface area contributed by atoms with E-state index in [1.807, 2.05) is 0 Å². The van der Waals surface area contributed by atoms with Crippen LogP contribution in [0.3, 0.4) is 0 Å². The summed E-state index contributed by atoms with van der Waals surface area (Å²) in [5.41, 5.74) is -1.19. The minimum atomic E-state index is -1.52. The van der Waals surface area contributed by atoms with Crippen molar-refractivity contribution < 1.29 is 24.4 Å². The number of benzene rings is 1. The number of hydrogen-bond acceptors (Lipinski definition) is 5. The molecule has 2 saturated carbocycles. The van der Waals surface area contributed by atoms with Crippen molar-refractivity contribution >= 4 is 23.3 Å². The van der Waals surface area contributed by atoms with Crippen molar-refractivity contribution in [3.05, 3.63) is 39.9 Å². The first kappa shape index (κ1) is 21.5. The van der Waals surface area contributed by atoms with E-state index in [0.29, 0.717) is 37.7 Å². The van der Waals surface area contributed by atoms with E-state index >= 15 is 0 Å². The van der Waals surface area contributed by atoms with Gasteiger partial charge in [0.2, 0.25) is 5.91 Å². The molecule has 0 aromatic heterocycles. The molecule has 1 aliphatic heterocycles. The lowest BCUT2D eigenvalue weighted by Crippen LogP contribution is -2.56. The van der Waals surface area contributed by atoms with Crippen molar-refractivity contribution in [3.63, 3.8) is 0 Å². The van der Waals surface area contributed by atoms with Crippen LogP contribution in [-0.4, -0.2) is 38.1 Å². The largest absolute Gasteiger partial charge is 0.479 e. The fourth-order valence-corrected chi connectivity index (χ4v) is 6.07. The Morgan fingerprint density at radius 1 is 1.16 bits per heavy atom. The normalized spacial score (nSPS) is 31.3. The second kappa shape index (κ2) is 8.05. The Morgan fingerprint density at radius 3 is 2.52 bits per heavy atom. The van der Waals surface area contributed by atoms with E-state index in [9.17, 15) is 29.6 Å². The summed E-state index contributed by atoms with van der Waals surface area (Å²) < 4.78 is 0. The van der Waals surface area contributed by atoms with Gasteiger partial charge in [0.15, 0.2) is 0 Å². The standard InChI is InChI=1S/C23H28N2O6/c1-23(22(28)29)17-11-6-12-18(26)19(17)20(15-9-5-10-16(13-15)25(30)31)24(23)21(27)14-7-3-2-4-8-14/h5,9-10,13-14,17,19-20H,2-4,6-8,11-12H2,1H3,(H,28,29). The summed E-state index contributed by atoms with van der Waals surface area (Å²) in [6.07, 6.45) is 5.77. The van der Waals surface area contributed by atoms with Gasteiger partial charge in [-0.3, -0.25) is 19.7 Å². The fraction of sp³-hybridized carbons (Fsp3) is 0.609. The molecule has 1 aromatic rings. The van der Waals surface area contributed by atoms with E-state index < -0.39 is 34.3 Å². The van der Waals surface area contributed by atoms with E-state index in [4.69, 9.17) is 0 Å². The van der Waals surface area contributed by atoms with Crippen LogP contribution in [0.25, 0.3) is 0 Å². The smallest absolute Gasteiger partial charge is 0.329 e. The molecular weight excluding hydrogens is 400 g/mol. The number of nitro benzene ring substituents is 1. The average Bonchev–Trinajstić information content (AvgIpc) is 3.05. The lowest BCUT2D eigenvalue weighted by Gasteiger charge is -2.40. The number of likely N-dealkylation sites (tertiary alicyclic amines) is 1. The van der Waals surface area contributed by atoms with Crippen LogP contribution in [0.1, 0.15) is 69.9 Å². The predicted octanol–water partition coefficient (Wildman–Crippen LogP) is 3.89. The van der Waals surface area contributed by atoms with Crippen LogP contribution in [0, 0.1) is 27.9 Å². The van der Waals surface area contributed by atoms with Gasteiger partial charge in [-0.2, -0.15) is 0 Å². The summed E-state index contributed by atoms with van der Waals surface area (Å²) in [5, 5.41) is 21.7. The van der Waals surface area contributed by atoms with Gasteiger partial charge in [-0.1, -0.05) is 31.4 Å². The lowest BCUT2D eigenvalue weighted by atomic mass is 9.70. The Labute approximate surface area is 180 Å². The number of rotatable bonds is 4. The van der Waals surface area contributed by atoms with Gasteiger partial charge in [0, 0.05) is 36.3 Å². The maximum absolute atomic E-state index is 13.8. The number of carboxylic acid groups (broad SMARTS) is 1. The van der Waals surface area contributed by atoms with Crippen molar-refractivity contribution in [2.24, 2.45) is 17.8 Å². The number of carbonyl (C=O) groups is 3. The zero-order chi connectivity index (χ0) is 22.3. The van der Waals surface area contributed by atoms with Crippen LogP contribution in [0.2, 0.25) is 0 Å². The van der Waals surface area contributed by atoms with Crippen LogP contribution in [0.15, 0.2) is 24.3 Å². The molecule has 1 saturated heterocycles. The molecule has 8 heteroatoms. The number of fused-ring (bicyclic) bond motifs is 1. The molecule has 4 atom stereocenters. The summed E-state index contributed by atoms with van der Waals surface area (Å²) in [6, 6.07) is 5.16. The van der Waals surface area contributed by atoms with Crippen molar-refractivity contribution in [2.45, 2.75) is 69.9 Å². The monoisotopic (exact) mass is 428 g/mol. The molecule has 1 heterocycles. The first-order chi connectivity index (χ1) is 14.8. The van der Waals surface area contributed by atoms with E-state index in [2.05, 4.69) is 0 Å². The van der Waals surface area contributed by atoms with E-state index in [-0.39, 0.29) is 23.3 Å². The van der Waals surface area contributed by atoms with Gasteiger partial charge in [0.25, 0.3) is 5.69 Å². The highest BCUT2D eigenvalue weighted by molar-refractivity contribution is 5.94. The highest BCUT2D eigenvalue weighted by Gasteiger charge is 2.65. The quantitative estimate of drug-likeness (QED) is 0.574. The maximum atomic E-state index is 13.8. The maximum Gasteiger partial charge on any atom is 0.329 e. The van der Waals surface area contributed by atoms with Gasteiger partial charge in [-0.15, -0.1) is 0 Å². The van der Waals surface area contributed by atoms with Crippen LogP contribution < -0.4 is 0 Å². The number of non-ortho nitro benzene ring substituents is 1. The molecule has 1 amide bonds. The molecule has 0 spiro atoms. The number of Topliss-reactive ketones (excluding diaryl/α,β-unsaturated/α-hetero) is 1. The minimum absolute atomic E-state index is 0.0563. The third kappa shape index (κ3) is 3.42. The minimum Gasteiger partial charge on any atom is -0.479 e. The fourth-order valence-electron chi connectivity index (χ4n) is 6.07. The molecule has 1 N–H and O–H groups in total. The number of hydrogen-bond donors (Lipinski definition) is 1. The number of carbonyl (C=O) groups excluding carboxylic acids is 2. The summed E-state index contributed by atoms with van der Waals surface area (Å²) in [5.74, 6) is -2.85. The molecular formula is C23H28N2O6. The Bertz CT molecular complexity index is 924. The third-order valence-corrected chi connectivity index (χ3v) is 7.63. The van der Waals surface area contributed by atoms with Gasteiger partial charge in [0.05, 0.1) is 11.0 Å². The summed E-state index contributed by atoms with van der Waals surface area (Å²) in [7, 11) is 0. The third-order valence-electron chi connectivity index (χ3n) is 7.63. The molecule has 166 valence electrons. The van der Waals surface area contributed by atoms with Crippen molar-refractivity contribution in [2.75, 3.05) is 0 Å². The zero-order valence-corrected chi connectivity index (χ0v) is 17.7. The molecule has 0 radical (unpaired) electrons. The molecule has 8 nitrogen and oxygen atoms in total. The number of nitro groups is 1. The summed E-state index contributed by atoms with van der Waals surface area (Å²) in [6.45, 7) is 1.56. The first-order valence-corrected chi connectivity index (χ1v) is 11.1. The summed E-state index contributed by atoms with van der Waals surface area (Å²) in [4.78, 5) is 51.8. The van der Waals surface area contributed by atoms with Gasteiger partial charge >= 0.3 is 5.97 Å². The van der Waals surface area contributed by atoms with Crippen LogP contribution in [-0.2, 0) is 14.4 Å². The van der Waals surface area contributed by atoms with Gasteiger partial charge < -0.3 is 10.0 Å². The first-order valence-electron chi connectivity index (χ1n) is 11.1. The van der Waals surface area contributed by atoms with Crippen molar-refractivity contribution in [3.8, 4) is 0 Å². The number of aliphatic carboxylic acids is 1. The van der Waals surface area contributed by atoms with E-state index in [1.165, 1.54) is 23.1 Å². The highest BCUT2D eigenvalue weighted by Crippen LogP contribution is 2.56. The van der Waals surface area contributed by atoms with Gasteiger partial charge in [-0.25, -0.2) is 4.79 Å². The SMILES string of the molecule is CC1(C(=O)O)C2CCCC(=O)C2C(c2cccc([N+](=O)[O-])c2)N1C(=O)C1CCCCC1. The number of ketones is 1. The van der Waals surface area contributed by atoms with E-state index in [1.54, 1.807) is 13.0 Å². The Hall–Kier alpha value is -2.77. The topological polar surface area (TPSA) is 118 Å². The second-order valence-electron chi connectivity index (χ2n) is 9.28. The summed E-state index contributed by atoms with van der Waals surface area (Å²) >= 11 is 0. The van der Waals surface area contributed by atoms with Gasteiger partial charge in [-0.05, 0) is 38.2 Å². The van der Waals surface area contributed by atoms with Crippen LogP contribution in [0.4, 0.5) is 5.69 Å². The second-order valence-corrected chi connectivity index (χ2v) is 9.28. The highest BCUT2D eigenvalue weighted by atomic mass is 16.6. The van der Waals surface area contributed by atoms with E-state index in [0.717, 1.165) is 19.3 Å².